The topological polar surface area (TPSA) is 191 Å². The normalized spacial score (nSPS) is 8.50. The number of ether oxygens (including phenoxy) is 3. The van der Waals surface area contributed by atoms with Crippen LogP contribution in [0.2, 0.25) is 0 Å². The lowest BCUT2D eigenvalue weighted by atomic mass is 10.1. The lowest BCUT2D eigenvalue weighted by Crippen LogP contribution is -2.03. The molecular formula is C50H66O12. The number of phenols is 1. The van der Waals surface area contributed by atoms with Crippen molar-refractivity contribution in [3.63, 3.8) is 0 Å². The Morgan fingerprint density at radius 3 is 1.19 bits per heavy atom. The molecule has 0 fully saturated rings. The lowest BCUT2D eigenvalue weighted by Gasteiger charge is -2.00. The van der Waals surface area contributed by atoms with Crippen LogP contribution in [-0.4, -0.2) is 65.2 Å². The van der Waals surface area contributed by atoms with Crippen molar-refractivity contribution in [1.29, 1.82) is 0 Å². The molecule has 12 nitrogen and oxygen atoms in total. The first kappa shape index (κ1) is 63.8. The number of Topliss-reactive ketones (excluding diaryl/α,β-unsaturated/α-hetero) is 1. The number of ketones is 1. The molecule has 0 aliphatic rings. The Hall–Kier alpha value is -7.34. The third kappa shape index (κ3) is 26.6. The van der Waals surface area contributed by atoms with E-state index in [0.29, 0.717) is 11.1 Å². The van der Waals surface area contributed by atoms with Crippen LogP contribution >= 0.6 is 0 Å². The van der Waals surface area contributed by atoms with E-state index in [4.69, 9.17) is 14.9 Å². The second kappa shape index (κ2) is 34.5. The lowest BCUT2D eigenvalue weighted by molar-refractivity contribution is -0.156. The third-order valence-electron chi connectivity index (χ3n) is 6.83. The fraction of sp³-hybridized carbons (Fsp3) is 0.240. The molecule has 6 rings (SSSR count). The van der Waals surface area contributed by atoms with Crippen LogP contribution in [0.3, 0.4) is 0 Å². The van der Waals surface area contributed by atoms with Gasteiger partial charge in [0.2, 0.25) is 0 Å². The second-order valence-corrected chi connectivity index (χ2v) is 11.8. The van der Waals surface area contributed by atoms with Crippen molar-refractivity contribution in [3.05, 3.63) is 156 Å². The van der Waals surface area contributed by atoms with Gasteiger partial charge in [0.05, 0.1) is 30.9 Å². The number of aromatic hydroxyl groups is 1. The zero-order chi connectivity index (χ0) is 42.9. The standard InChI is InChI=1S/C11H8O3.C10H8.C9H10O3.C8H8O2.C4H6O3.C3H6O.5CH4/c12-10-4-3-7-5-9(11(13)14)2-1-8(7)6-10;1-2-6-10-8-4-3-7-9(10)5-1;1-11-8-5-3-7(4-6-8)9(10)12-2;1-6-2-4-7(5-3-6)8(9)10;1-3(5)7-4(2)6;1-3(2)4;;;;;/h1-6,12H,(H,13,14);1-8H;3-6H,1-2H3;2-5H,1H3,(H,9,10);1-2H3;1-2H3;5*1H4. The van der Waals surface area contributed by atoms with Gasteiger partial charge in [-0.25, -0.2) is 14.4 Å². The molecule has 0 bridgehead atoms. The van der Waals surface area contributed by atoms with E-state index in [1.54, 1.807) is 79.9 Å². The third-order valence-corrected chi connectivity index (χ3v) is 6.83. The highest BCUT2D eigenvalue weighted by Crippen LogP contribution is 2.21. The van der Waals surface area contributed by atoms with Crippen LogP contribution in [0.4, 0.5) is 0 Å². The van der Waals surface area contributed by atoms with E-state index >= 15 is 0 Å². The Bertz CT molecular complexity index is 2150. The summed E-state index contributed by atoms with van der Waals surface area (Å²) in [6, 6.07) is 39.8. The van der Waals surface area contributed by atoms with Gasteiger partial charge in [0.1, 0.15) is 17.3 Å². The maximum absolute atomic E-state index is 11.0. The Balaban J connectivity index is -0.000000212. The highest BCUT2D eigenvalue weighted by molar-refractivity contribution is 5.94. The van der Waals surface area contributed by atoms with Crippen LogP contribution in [-0.2, 0) is 23.9 Å². The van der Waals surface area contributed by atoms with Crippen molar-refractivity contribution >= 4 is 57.2 Å². The molecular weight excluding hydrogens is 793 g/mol. The molecule has 0 saturated heterocycles. The van der Waals surface area contributed by atoms with Crippen LogP contribution in [0.5, 0.6) is 11.5 Å². The predicted octanol–water partition coefficient (Wildman–Crippen LogP) is 12.1. The summed E-state index contributed by atoms with van der Waals surface area (Å²) in [5.74, 6) is -2.21. The Kier molecular flexibility index (Phi) is 35.5. The summed E-state index contributed by atoms with van der Waals surface area (Å²) in [4.78, 5) is 61.0. The van der Waals surface area contributed by atoms with Gasteiger partial charge in [-0.15, -0.1) is 0 Å². The summed E-state index contributed by atoms with van der Waals surface area (Å²) in [5.41, 5.74) is 2.19. The fourth-order valence-corrected chi connectivity index (χ4v) is 4.24. The number of aromatic carboxylic acids is 2. The van der Waals surface area contributed by atoms with E-state index in [9.17, 15) is 33.9 Å². The molecule has 0 aliphatic carbocycles. The van der Waals surface area contributed by atoms with E-state index in [1.165, 1.54) is 57.7 Å². The SMILES string of the molecule is C.C.C.C.C.CC(=O)OC(C)=O.CC(C)=O.COC(=O)c1ccc(OC)cc1.Cc1ccc(C(=O)O)cc1.O=C(O)c1ccc2cc(O)ccc2c1.c1ccc2ccccc2c1. The number of esters is 3. The number of methoxy groups -OCH3 is 2. The Morgan fingerprint density at radius 1 is 0.468 bits per heavy atom. The fourth-order valence-electron chi connectivity index (χ4n) is 4.24. The van der Waals surface area contributed by atoms with E-state index in [2.05, 4.69) is 58.0 Å². The van der Waals surface area contributed by atoms with Gasteiger partial charge in [0.25, 0.3) is 0 Å². The molecule has 338 valence electrons. The summed E-state index contributed by atoms with van der Waals surface area (Å²) in [5, 5.41) is 30.7. The number of hydrogen-bond acceptors (Lipinski definition) is 10. The molecule has 0 radical (unpaired) electrons. The van der Waals surface area contributed by atoms with Crippen molar-refractivity contribution < 1.29 is 58.3 Å². The van der Waals surface area contributed by atoms with Crippen LogP contribution in [0, 0.1) is 6.92 Å². The number of aryl methyl sites for hydroxylation is 1. The number of carboxylic acid groups (broad SMARTS) is 2. The van der Waals surface area contributed by atoms with E-state index in [-0.39, 0.29) is 60.2 Å². The number of benzene rings is 6. The van der Waals surface area contributed by atoms with Crippen molar-refractivity contribution in [3.8, 4) is 11.5 Å². The van der Waals surface area contributed by atoms with E-state index in [0.717, 1.165) is 22.1 Å². The monoisotopic (exact) mass is 858 g/mol. The number of hydrogen-bond donors (Lipinski definition) is 3. The molecule has 0 aliphatic heterocycles. The van der Waals surface area contributed by atoms with Crippen LogP contribution in [0.15, 0.2) is 133 Å². The summed E-state index contributed by atoms with van der Waals surface area (Å²) in [6.07, 6.45) is 0. The predicted molar refractivity (Wildman–Crippen MR) is 251 cm³/mol. The zero-order valence-corrected chi connectivity index (χ0v) is 32.7. The van der Waals surface area contributed by atoms with Gasteiger partial charge < -0.3 is 34.3 Å². The maximum atomic E-state index is 11.0. The van der Waals surface area contributed by atoms with Gasteiger partial charge in [0.15, 0.2) is 0 Å². The largest absolute Gasteiger partial charge is 0.508 e. The molecule has 0 saturated carbocycles. The van der Waals surface area contributed by atoms with Gasteiger partial charge in [-0.1, -0.05) is 115 Å². The first-order chi connectivity index (χ1) is 27.0. The highest BCUT2D eigenvalue weighted by Gasteiger charge is 2.04. The minimum absolute atomic E-state index is 0. The molecule has 12 heteroatoms. The minimum atomic E-state index is -0.944. The molecule has 3 N–H and O–H groups in total. The van der Waals surface area contributed by atoms with Crippen LogP contribution in [0.25, 0.3) is 21.5 Å². The Morgan fingerprint density at radius 2 is 0.839 bits per heavy atom. The molecule has 0 unspecified atom stereocenters. The van der Waals surface area contributed by atoms with Crippen molar-refractivity contribution in [2.45, 2.75) is 71.8 Å². The molecule has 0 heterocycles. The first-order valence-corrected chi connectivity index (χ1v) is 17.1. The van der Waals surface area contributed by atoms with Crippen LogP contribution in [0.1, 0.15) is 101 Å². The average molecular weight is 859 g/mol. The number of carbonyl (C=O) groups is 6. The summed E-state index contributed by atoms with van der Waals surface area (Å²) < 4.78 is 13.4. The number of carbonyl (C=O) groups excluding carboxylic acids is 4. The first-order valence-electron chi connectivity index (χ1n) is 17.1. The van der Waals surface area contributed by atoms with Crippen molar-refractivity contribution in [1.82, 2.24) is 0 Å². The number of fused-ring (bicyclic) bond motifs is 2. The van der Waals surface area contributed by atoms with Gasteiger partial charge in [-0.3, -0.25) is 9.59 Å². The summed E-state index contributed by atoms with van der Waals surface area (Å²) in [6.45, 7) is 7.34. The molecule has 6 aromatic carbocycles. The number of phenolic OH excluding ortho intramolecular Hbond substituents is 1. The second-order valence-electron chi connectivity index (χ2n) is 11.8. The molecule has 0 amide bonds. The van der Waals surface area contributed by atoms with E-state index < -0.39 is 23.9 Å². The van der Waals surface area contributed by atoms with Gasteiger partial charge in [-0.05, 0) is 103 Å². The van der Waals surface area contributed by atoms with Gasteiger partial charge >= 0.3 is 29.8 Å². The quantitative estimate of drug-likeness (QED) is 0.112. The number of carboxylic acids is 2. The van der Waals surface area contributed by atoms with Crippen molar-refractivity contribution in [2.24, 2.45) is 0 Å². The van der Waals surface area contributed by atoms with E-state index in [1.807, 2.05) is 6.92 Å². The van der Waals surface area contributed by atoms with Gasteiger partial charge in [-0.2, -0.15) is 0 Å². The highest BCUT2D eigenvalue weighted by atomic mass is 16.6. The molecule has 6 aromatic rings. The minimum Gasteiger partial charge on any atom is -0.508 e. The molecule has 0 aromatic heterocycles. The molecule has 0 spiro atoms. The molecule has 0 atom stereocenters. The average Bonchev–Trinajstić information content (AvgIpc) is 3.18. The smallest absolute Gasteiger partial charge is 0.337 e. The maximum Gasteiger partial charge on any atom is 0.337 e. The Labute approximate surface area is 367 Å². The summed E-state index contributed by atoms with van der Waals surface area (Å²) >= 11 is 0. The number of rotatable bonds is 4. The summed E-state index contributed by atoms with van der Waals surface area (Å²) in [7, 11) is 2.93. The van der Waals surface area contributed by atoms with Crippen molar-refractivity contribution in [2.75, 3.05) is 14.2 Å². The zero-order valence-electron chi connectivity index (χ0n) is 32.7. The molecule has 62 heavy (non-hydrogen) atoms. The van der Waals surface area contributed by atoms with Crippen LogP contribution < -0.4 is 4.74 Å². The van der Waals surface area contributed by atoms with Gasteiger partial charge in [0, 0.05) is 13.8 Å².